The summed E-state index contributed by atoms with van der Waals surface area (Å²) in [5.41, 5.74) is 3.65. The standard InChI is InChI=1S/C13H16N2O/c1-9-11(7-8-14-10(2)16)12-5-3-4-6-13(12)15-9/h3-6,15H,7-8H2,1-2H3,(H,14,16). The number of fused-ring (bicyclic) bond motifs is 1. The van der Waals surface area contributed by atoms with Crippen molar-refractivity contribution in [3.05, 3.63) is 35.5 Å². The van der Waals surface area contributed by atoms with Crippen LogP contribution in [-0.4, -0.2) is 17.4 Å². The molecular formula is C13H16N2O. The van der Waals surface area contributed by atoms with Crippen molar-refractivity contribution in [1.29, 1.82) is 0 Å². The molecule has 1 amide bonds. The number of amides is 1. The Kier molecular flexibility index (Phi) is 2.95. The van der Waals surface area contributed by atoms with E-state index in [9.17, 15) is 4.79 Å². The molecule has 0 saturated carbocycles. The minimum atomic E-state index is 0.0255. The Morgan fingerprint density at radius 1 is 1.38 bits per heavy atom. The number of H-pyrrole nitrogens is 1. The normalized spacial score (nSPS) is 10.6. The fraction of sp³-hybridized carbons (Fsp3) is 0.308. The van der Waals surface area contributed by atoms with Crippen molar-refractivity contribution in [3.63, 3.8) is 0 Å². The lowest BCUT2D eigenvalue weighted by Crippen LogP contribution is -2.22. The Hall–Kier alpha value is -1.77. The van der Waals surface area contributed by atoms with Gasteiger partial charge in [0.1, 0.15) is 0 Å². The molecule has 0 fully saturated rings. The zero-order valence-corrected chi connectivity index (χ0v) is 9.63. The number of hydrogen-bond donors (Lipinski definition) is 2. The number of carbonyl (C=O) groups is 1. The SMILES string of the molecule is CC(=O)NCCc1c(C)[nH]c2ccccc12. The van der Waals surface area contributed by atoms with Gasteiger partial charge in [0.2, 0.25) is 5.91 Å². The van der Waals surface area contributed by atoms with Gasteiger partial charge < -0.3 is 10.3 Å². The summed E-state index contributed by atoms with van der Waals surface area (Å²) in [7, 11) is 0. The van der Waals surface area contributed by atoms with E-state index in [-0.39, 0.29) is 5.91 Å². The van der Waals surface area contributed by atoms with Crippen LogP contribution >= 0.6 is 0 Å². The summed E-state index contributed by atoms with van der Waals surface area (Å²) >= 11 is 0. The highest BCUT2D eigenvalue weighted by Gasteiger charge is 2.07. The second kappa shape index (κ2) is 4.39. The first-order valence-electron chi connectivity index (χ1n) is 5.49. The van der Waals surface area contributed by atoms with Crippen LogP contribution in [0.15, 0.2) is 24.3 Å². The highest BCUT2D eigenvalue weighted by Crippen LogP contribution is 2.21. The maximum Gasteiger partial charge on any atom is 0.216 e. The van der Waals surface area contributed by atoms with Crippen molar-refractivity contribution in [1.82, 2.24) is 10.3 Å². The largest absolute Gasteiger partial charge is 0.358 e. The first-order valence-corrected chi connectivity index (χ1v) is 5.49. The van der Waals surface area contributed by atoms with Gasteiger partial charge in [-0.05, 0) is 25.0 Å². The van der Waals surface area contributed by atoms with Gasteiger partial charge in [-0.15, -0.1) is 0 Å². The molecule has 0 radical (unpaired) electrons. The van der Waals surface area contributed by atoms with Crippen LogP contribution in [0, 0.1) is 6.92 Å². The fourth-order valence-corrected chi connectivity index (χ4v) is 2.02. The minimum Gasteiger partial charge on any atom is -0.358 e. The molecule has 84 valence electrons. The second-order valence-corrected chi connectivity index (χ2v) is 4.01. The van der Waals surface area contributed by atoms with Crippen molar-refractivity contribution < 1.29 is 4.79 Å². The monoisotopic (exact) mass is 216 g/mol. The van der Waals surface area contributed by atoms with Gasteiger partial charge in [-0.1, -0.05) is 18.2 Å². The van der Waals surface area contributed by atoms with Crippen molar-refractivity contribution in [3.8, 4) is 0 Å². The van der Waals surface area contributed by atoms with Crippen LogP contribution in [0.25, 0.3) is 10.9 Å². The predicted molar refractivity (Wildman–Crippen MR) is 65.4 cm³/mol. The third kappa shape index (κ3) is 2.08. The third-order valence-electron chi connectivity index (χ3n) is 2.78. The van der Waals surface area contributed by atoms with Gasteiger partial charge in [-0.2, -0.15) is 0 Å². The van der Waals surface area contributed by atoms with Crippen LogP contribution in [0.5, 0.6) is 0 Å². The lowest BCUT2D eigenvalue weighted by molar-refractivity contribution is -0.118. The minimum absolute atomic E-state index is 0.0255. The van der Waals surface area contributed by atoms with Gasteiger partial charge in [-0.3, -0.25) is 4.79 Å². The number of benzene rings is 1. The summed E-state index contributed by atoms with van der Waals surface area (Å²) in [5.74, 6) is 0.0255. The Morgan fingerprint density at radius 2 is 2.12 bits per heavy atom. The summed E-state index contributed by atoms with van der Waals surface area (Å²) in [6, 6.07) is 8.25. The zero-order chi connectivity index (χ0) is 11.5. The van der Waals surface area contributed by atoms with E-state index in [0.29, 0.717) is 6.54 Å². The maximum atomic E-state index is 10.8. The van der Waals surface area contributed by atoms with Crippen molar-refractivity contribution >= 4 is 16.8 Å². The number of rotatable bonds is 3. The van der Waals surface area contributed by atoms with Gasteiger partial charge in [0, 0.05) is 30.1 Å². The smallest absolute Gasteiger partial charge is 0.216 e. The molecule has 2 aromatic rings. The Balaban J connectivity index is 2.22. The van der Waals surface area contributed by atoms with Gasteiger partial charge >= 0.3 is 0 Å². The molecule has 2 N–H and O–H groups in total. The summed E-state index contributed by atoms with van der Waals surface area (Å²) in [6.45, 7) is 4.31. The molecule has 0 aliphatic carbocycles. The molecule has 1 aromatic carbocycles. The zero-order valence-electron chi connectivity index (χ0n) is 9.63. The lowest BCUT2D eigenvalue weighted by atomic mass is 10.1. The first kappa shape index (κ1) is 10.7. The number of aryl methyl sites for hydroxylation is 1. The fourth-order valence-electron chi connectivity index (χ4n) is 2.02. The topological polar surface area (TPSA) is 44.9 Å². The van der Waals surface area contributed by atoms with E-state index in [4.69, 9.17) is 0 Å². The molecule has 3 heteroatoms. The van der Waals surface area contributed by atoms with E-state index in [1.165, 1.54) is 16.6 Å². The van der Waals surface area contributed by atoms with E-state index >= 15 is 0 Å². The van der Waals surface area contributed by atoms with Crippen molar-refractivity contribution in [2.75, 3.05) is 6.54 Å². The highest BCUT2D eigenvalue weighted by molar-refractivity contribution is 5.84. The average Bonchev–Trinajstić information content (AvgIpc) is 2.55. The predicted octanol–water partition coefficient (Wildman–Crippen LogP) is 2.15. The molecule has 1 aromatic heterocycles. The number of hydrogen-bond acceptors (Lipinski definition) is 1. The molecule has 0 aliphatic rings. The van der Waals surface area contributed by atoms with E-state index in [2.05, 4.69) is 29.4 Å². The highest BCUT2D eigenvalue weighted by atomic mass is 16.1. The second-order valence-electron chi connectivity index (χ2n) is 4.01. The molecular weight excluding hydrogens is 200 g/mol. The first-order chi connectivity index (χ1) is 7.68. The summed E-state index contributed by atoms with van der Waals surface area (Å²) in [4.78, 5) is 14.2. The number of para-hydroxylation sites is 1. The molecule has 16 heavy (non-hydrogen) atoms. The number of nitrogens with one attached hydrogen (secondary N) is 2. The Bertz CT molecular complexity index is 514. The van der Waals surface area contributed by atoms with Gasteiger partial charge in [0.15, 0.2) is 0 Å². The van der Waals surface area contributed by atoms with Gasteiger partial charge in [-0.25, -0.2) is 0 Å². The van der Waals surface area contributed by atoms with E-state index in [0.717, 1.165) is 11.9 Å². The summed E-state index contributed by atoms with van der Waals surface area (Å²) in [6.07, 6.45) is 0.870. The lowest BCUT2D eigenvalue weighted by Gasteiger charge is -2.02. The number of aromatic amines is 1. The summed E-state index contributed by atoms with van der Waals surface area (Å²) < 4.78 is 0. The molecule has 3 nitrogen and oxygen atoms in total. The van der Waals surface area contributed by atoms with E-state index in [1.807, 2.05) is 12.1 Å². The van der Waals surface area contributed by atoms with Gasteiger partial charge in [0.25, 0.3) is 0 Å². The average molecular weight is 216 g/mol. The number of aromatic nitrogens is 1. The molecule has 0 spiro atoms. The molecule has 0 bridgehead atoms. The van der Waals surface area contributed by atoms with Crippen LogP contribution in [-0.2, 0) is 11.2 Å². The molecule has 1 heterocycles. The van der Waals surface area contributed by atoms with E-state index < -0.39 is 0 Å². The van der Waals surface area contributed by atoms with Crippen LogP contribution in [0.1, 0.15) is 18.2 Å². The quantitative estimate of drug-likeness (QED) is 0.811. The number of carbonyl (C=O) groups excluding carboxylic acids is 1. The van der Waals surface area contributed by atoms with Crippen molar-refractivity contribution in [2.45, 2.75) is 20.3 Å². The maximum absolute atomic E-state index is 10.8. The van der Waals surface area contributed by atoms with Crippen LogP contribution in [0.2, 0.25) is 0 Å². The molecule has 2 rings (SSSR count). The van der Waals surface area contributed by atoms with Crippen molar-refractivity contribution in [2.24, 2.45) is 0 Å². The third-order valence-corrected chi connectivity index (χ3v) is 2.78. The Labute approximate surface area is 94.9 Å². The van der Waals surface area contributed by atoms with Gasteiger partial charge in [0.05, 0.1) is 0 Å². The molecule has 0 atom stereocenters. The molecule has 0 unspecified atom stereocenters. The Morgan fingerprint density at radius 3 is 2.88 bits per heavy atom. The van der Waals surface area contributed by atoms with Crippen LogP contribution < -0.4 is 5.32 Å². The summed E-state index contributed by atoms with van der Waals surface area (Å²) in [5, 5.41) is 4.08. The molecule has 0 aliphatic heterocycles. The van der Waals surface area contributed by atoms with Crippen LogP contribution in [0.3, 0.4) is 0 Å². The van der Waals surface area contributed by atoms with E-state index in [1.54, 1.807) is 6.92 Å². The molecule has 0 saturated heterocycles. The van der Waals surface area contributed by atoms with Crippen LogP contribution in [0.4, 0.5) is 0 Å².